The average Bonchev–Trinajstić information content (AvgIpc) is 2.74. The van der Waals surface area contributed by atoms with Crippen LogP contribution in [0.25, 0.3) is 0 Å². The molecule has 2 bridgehead atoms. The Kier molecular flexibility index (Phi) is 4.76. The van der Waals surface area contributed by atoms with E-state index in [1.807, 2.05) is 0 Å². The second-order valence-corrected chi connectivity index (χ2v) is 7.64. The van der Waals surface area contributed by atoms with Crippen LogP contribution in [0.3, 0.4) is 0 Å². The number of ketones is 1. The number of nitro groups is 2. The van der Waals surface area contributed by atoms with Gasteiger partial charge in [-0.15, -0.1) is 0 Å². The SMILES string of the molecule is CC1=C/C(=N\OC(=O)c2ccc([N+](=O)[O-])cc2[N+](=O)[O-])[C@@H]2[C@@H](C1=O)[C@H]1C=C[C@H]2CC1. The van der Waals surface area contributed by atoms with Gasteiger partial charge >= 0.3 is 5.97 Å². The van der Waals surface area contributed by atoms with Crippen LogP contribution in [0.1, 0.15) is 30.1 Å². The Bertz CT molecular complexity index is 1070. The summed E-state index contributed by atoms with van der Waals surface area (Å²) in [6.45, 7) is 1.68. The number of fused-ring (bicyclic) bond motifs is 1. The molecule has 0 unspecified atom stereocenters. The van der Waals surface area contributed by atoms with E-state index in [1.54, 1.807) is 13.0 Å². The number of hydrogen-bond donors (Lipinski definition) is 0. The number of oxime groups is 1. The zero-order valence-corrected chi connectivity index (χ0v) is 15.9. The molecule has 1 saturated carbocycles. The first-order chi connectivity index (χ1) is 14.3. The van der Waals surface area contributed by atoms with Crippen LogP contribution in [0, 0.1) is 43.9 Å². The molecule has 30 heavy (non-hydrogen) atoms. The number of hydrogen-bond acceptors (Lipinski definition) is 8. The molecule has 5 rings (SSSR count). The number of rotatable bonds is 4. The van der Waals surface area contributed by atoms with Crippen molar-refractivity contribution in [2.45, 2.75) is 19.8 Å². The minimum atomic E-state index is -1.10. The van der Waals surface area contributed by atoms with E-state index in [4.69, 9.17) is 4.84 Å². The summed E-state index contributed by atoms with van der Waals surface area (Å²) in [4.78, 5) is 50.5. The Morgan fingerprint density at radius 2 is 1.77 bits per heavy atom. The summed E-state index contributed by atoms with van der Waals surface area (Å²) < 4.78 is 0. The lowest BCUT2D eigenvalue weighted by Gasteiger charge is -2.45. The topological polar surface area (TPSA) is 142 Å². The third-order valence-corrected chi connectivity index (χ3v) is 5.99. The molecule has 10 heteroatoms. The summed E-state index contributed by atoms with van der Waals surface area (Å²) in [7, 11) is 0. The summed E-state index contributed by atoms with van der Waals surface area (Å²) in [5.41, 5.74) is -0.717. The number of allylic oxidation sites excluding steroid dienone is 4. The van der Waals surface area contributed by atoms with Crippen LogP contribution in [-0.4, -0.2) is 27.3 Å². The number of nitro benzene ring substituents is 2. The van der Waals surface area contributed by atoms with Gasteiger partial charge in [0.05, 0.1) is 21.6 Å². The lowest BCUT2D eigenvalue weighted by molar-refractivity contribution is -0.394. The van der Waals surface area contributed by atoms with Crippen LogP contribution in [0.5, 0.6) is 0 Å². The fourth-order valence-corrected chi connectivity index (χ4v) is 4.59. The Hall–Kier alpha value is -3.69. The number of non-ortho nitro benzene ring substituents is 1. The van der Waals surface area contributed by atoms with Gasteiger partial charge in [-0.05, 0) is 49.3 Å². The highest BCUT2D eigenvalue weighted by Crippen LogP contribution is 2.48. The van der Waals surface area contributed by atoms with Gasteiger partial charge in [-0.1, -0.05) is 17.3 Å². The highest BCUT2D eigenvalue weighted by molar-refractivity contribution is 6.13. The third-order valence-electron chi connectivity index (χ3n) is 5.99. The van der Waals surface area contributed by atoms with E-state index >= 15 is 0 Å². The highest BCUT2D eigenvalue weighted by atomic mass is 16.7. The lowest BCUT2D eigenvalue weighted by Crippen LogP contribution is -2.47. The standard InChI is InChI=1S/C20H17N3O7/c1-10-8-15(17-11-2-4-12(5-3-11)18(17)19(10)24)21-30-20(25)14-7-6-13(22(26)27)9-16(14)23(28)29/h2,4,6-9,11-12,17-18H,3,5H2,1H3/b21-15+/t11-,12-,17+,18-/m0/s1. The molecule has 0 heterocycles. The lowest BCUT2D eigenvalue weighted by atomic mass is 9.57. The number of carbonyl (C=O) groups is 2. The van der Waals surface area contributed by atoms with Crippen LogP contribution in [0.4, 0.5) is 11.4 Å². The van der Waals surface area contributed by atoms with Crippen molar-refractivity contribution in [3.8, 4) is 0 Å². The van der Waals surface area contributed by atoms with Gasteiger partial charge in [0.25, 0.3) is 11.4 Å². The molecule has 0 spiro atoms. The minimum Gasteiger partial charge on any atom is -0.312 e. The van der Waals surface area contributed by atoms with Crippen molar-refractivity contribution in [3.63, 3.8) is 0 Å². The third kappa shape index (κ3) is 3.19. The fraction of sp³-hybridized carbons (Fsp3) is 0.350. The number of carbonyl (C=O) groups excluding carboxylic acids is 2. The zero-order chi connectivity index (χ0) is 21.6. The molecule has 0 radical (unpaired) electrons. The first kappa shape index (κ1) is 19.6. The molecule has 1 aromatic carbocycles. The molecule has 4 aliphatic rings. The van der Waals surface area contributed by atoms with E-state index in [2.05, 4.69) is 17.3 Å². The predicted molar refractivity (Wildman–Crippen MR) is 104 cm³/mol. The second-order valence-electron chi connectivity index (χ2n) is 7.64. The molecule has 0 amide bonds. The van der Waals surface area contributed by atoms with Gasteiger partial charge in [-0.2, -0.15) is 0 Å². The molecule has 4 aliphatic carbocycles. The van der Waals surface area contributed by atoms with Gasteiger partial charge in [0.2, 0.25) is 0 Å². The van der Waals surface area contributed by atoms with Gasteiger partial charge in [0.1, 0.15) is 5.56 Å². The largest absolute Gasteiger partial charge is 0.372 e. The Morgan fingerprint density at radius 3 is 2.37 bits per heavy atom. The summed E-state index contributed by atoms with van der Waals surface area (Å²) in [5, 5.41) is 26.0. The smallest absolute Gasteiger partial charge is 0.312 e. The summed E-state index contributed by atoms with van der Waals surface area (Å²) in [5.74, 6) is -1.25. The minimum absolute atomic E-state index is 0.0651. The van der Waals surface area contributed by atoms with Crippen LogP contribution >= 0.6 is 0 Å². The van der Waals surface area contributed by atoms with E-state index in [0.29, 0.717) is 17.4 Å². The first-order valence-corrected chi connectivity index (χ1v) is 9.41. The molecular formula is C20H17N3O7. The molecule has 0 aliphatic heterocycles. The van der Waals surface area contributed by atoms with Crippen LogP contribution in [-0.2, 0) is 9.63 Å². The maximum Gasteiger partial charge on any atom is 0.372 e. The van der Waals surface area contributed by atoms with Gasteiger partial charge in [0, 0.05) is 17.9 Å². The number of nitrogens with zero attached hydrogens (tertiary/aromatic N) is 3. The van der Waals surface area contributed by atoms with Crippen LogP contribution in [0.15, 0.2) is 47.2 Å². The van der Waals surface area contributed by atoms with Gasteiger partial charge in [-0.25, -0.2) is 4.79 Å². The molecule has 0 saturated heterocycles. The Balaban J connectivity index is 1.64. The molecule has 0 aromatic heterocycles. The maximum absolute atomic E-state index is 12.7. The number of Topliss-reactive ketones (excluding diaryl/α,β-unsaturated/α-hetero) is 1. The summed E-state index contributed by atoms with van der Waals surface area (Å²) in [6, 6.07) is 2.66. The summed E-state index contributed by atoms with van der Waals surface area (Å²) >= 11 is 0. The monoisotopic (exact) mass is 411 g/mol. The molecule has 10 nitrogen and oxygen atoms in total. The van der Waals surface area contributed by atoms with Crippen molar-refractivity contribution in [2.75, 3.05) is 0 Å². The average molecular weight is 411 g/mol. The molecule has 1 aromatic rings. The van der Waals surface area contributed by atoms with Crippen molar-refractivity contribution >= 4 is 28.8 Å². The summed E-state index contributed by atoms with van der Waals surface area (Å²) in [6.07, 6.45) is 7.55. The highest BCUT2D eigenvalue weighted by Gasteiger charge is 2.48. The van der Waals surface area contributed by atoms with E-state index in [9.17, 15) is 29.8 Å². The first-order valence-electron chi connectivity index (χ1n) is 9.41. The van der Waals surface area contributed by atoms with Crippen molar-refractivity contribution in [1.29, 1.82) is 0 Å². The van der Waals surface area contributed by atoms with Crippen molar-refractivity contribution in [1.82, 2.24) is 0 Å². The number of benzene rings is 1. The van der Waals surface area contributed by atoms with Crippen molar-refractivity contribution < 1.29 is 24.3 Å². The van der Waals surface area contributed by atoms with E-state index in [1.165, 1.54) is 0 Å². The Labute approximate surface area is 170 Å². The van der Waals surface area contributed by atoms with E-state index in [-0.39, 0.29) is 29.5 Å². The molecule has 154 valence electrons. The van der Waals surface area contributed by atoms with E-state index < -0.39 is 32.8 Å². The van der Waals surface area contributed by atoms with Crippen molar-refractivity contribution in [2.24, 2.45) is 28.8 Å². The maximum atomic E-state index is 12.7. The normalized spacial score (nSPS) is 28.1. The van der Waals surface area contributed by atoms with Crippen LogP contribution < -0.4 is 0 Å². The zero-order valence-electron chi connectivity index (χ0n) is 15.9. The predicted octanol–water partition coefficient (Wildman–Crippen LogP) is 3.37. The molecular weight excluding hydrogens is 394 g/mol. The van der Waals surface area contributed by atoms with Gasteiger partial charge < -0.3 is 4.84 Å². The van der Waals surface area contributed by atoms with Gasteiger partial charge in [-0.3, -0.25) is 25.0 Å². The van der Waals surface area contributed by atoms with Gasteiger partial charge in [0.15, 0.2) is 5.78 Å². The molecule has 1 fully saturated rings. The Morgan fingerprint density at radius 1 is 1.10 bits per heavy atom. The van der Waals surface area contributed by atoms with Crippen LogP contribution in [0.2, 0.25) is 0 Å². The quantitative estimate of drug-likeness (QED) is 0.320. The fourth-order valence-electron chi connectivity index (χ4n) is 4.59. The second kappa shape index (κ2) is 7.29. The van der Waals surface area contributed by atoms with E-state index in [0.717, 1.165) is 25.0 Å². The van der Waals surface area contributed by atoms with Crippen molar-refractivity contribution in [3.05, 3.63) is 67.8 Å². The molecule has 4 atom stereocenters. The molecule has 0 N–H and O–H groups in total.